The van der Waals surface area contributed by atoms with Crippen LogP contribution in [0.25, 0.3) is 11.1 Å². The van der Waals surface area contributed by atoms with E-state index in [2.05, 4.69) is 17.4 Å². The monoisotopic (exact) mass is 384 g/mol. The van der Waals surface area contributed by atoms with Gasteiger partial charge in [-0.15, -0.1) is 0 Å². The highest BCUT2D eigenvalue weighted by Gasteiger charge is 2.48. The van der Waals surface area contributed by atoms with Crippen molar-refractivity contribution >= 4 is 23.0 Å². The van der Waals surface area contributed by atoms with E-state index < -0.39 is 5.54 Å². The molecule has 0 saturated heterocycles. The SMILES string of the molecule is COc1cccc2c1-c1ccc3c4c1C(O2)c1ccccc1N4C(=O)C(C)(C)N3. The van der Waals surface area contributed by atoms with Gasteiger partial charge in [-0.05, 0) is 43.7 Å². The maximum Gasteiger partial charge on any atom is 0.256 e. The molecule has 144 valence electrons. The highest BCUT2D eigenvalue weighted by atomic mass is 16.5. The van der Waals surface area contributed by atoms with E-state index in [0.717, 1.165) is 50.8 Å². The average Bonchev–Trinajstić information content (AvgIpc) is 2.73. The summed E-state index contributed by atoms with van der Waals surface area (Å²) < 4.78 is 12.2. The van der Waals surface area contributed by atoms with E-state index in [0.29, 0.717) is 0 Å². The van der Waals surface area contributed by atoms with Gasteiger partial charge in [-0.1, -0.05) is 30.3 Å². The Bertz CT molecular complexity index is 1210. The van der Waals surface area contributed by atoms with Crippen LogP contribution in [0.1, 0.15) is 31.1 Å². The summed E-state index contributed by atoms with van der Waals surface area (Å²) in [5.41, 5.74) is 5.98. The minimum Gasteiger partial charge on any atom is -0.496 e. The van der Waals surface area contributed by atoms with Crippen LogP contribution in [0.15, 0.2) is 54.6 Å². The topological polar surface area (TPSA) is 50.8 Å². The summed E-state index contributed by atoms with van der Waals surface area (Å²) in [5.74, 6) is 1.58. The largest absolute Gasteiger partial charge is 0.496 e. The number of hydrogen-bond acceptors (Lipinski definition) is 4. The minimum atomic E-state index is -0.702. The van der Waals surface area contributed by atoms with Crippen LogP contribution in [0.4, 0.5) is 17.1 Å². The Hall–Kier alpha value is -3.47. The van der Waals surface area contributed by atoms with Gasteiger partial charge in [-0.3, -0.25) is 9.69 Å². The Morgan fingerprint density at radius 3 is 2.72 bits per heavy atom. The van der Waals surface area contributed by atoms with Gasteiger partial charge in [-0.2, -0.15) is 0 Å². The predicted molar refractivity (Wildman–Crippen MR) is 112 cm³/mol. The summed E-state index contributed by atoms with van der Waals surface area (Å²) in [5, 5.41) is 3.43. The van der Waals surface area contributed by atoms with Crippen LogP contribution in [0.5, 0.6) is 11.5 Å². The van der Waals surface area contributed by atoms with Crippen molar-refractivity contribution < 1.29 is 14.3 Å². The molecule has 5 nitrogen and oxygen atoms in total. The zero-order valence-corrected chi connectivity index (χ0v) is 16.4. The van der Waals surface area contributed by atoms with E-state index in [-0.39, 0.29) is 12.0 Å². The molecule has 6 rings (SSSR count). The highest BCUT2D eigenvalue weighted by Crippen LogP contribution is 2.59. The van der Waals surface area contributed by atoms with Crippen molar-refractivity contribution in [2.75, 3.05) is 17.3 Å². The lowest BCUT2D eigenvalue weighted by atomic mass is 9.81. The number of carbonyl (C=O) groups excluding carboxylic acids is 1. The smallest absolute Gasteiger partial charge is 0.256 e. The van der Waals surface area contributed by atoms with Gasteiger partial charge in [0.1, 0.15) is 17.0 Å². The number of carbonyl (C=O) groups is 1. The number of ether oxygens (including phenoxy) is 2. The molecule has 1 unspecified atom stereocenters. The number of benzene rings is 3. The molecule has 3 aliphatic heterocycles. The Morgan fingerprint density at radius 2 is 1.90 bits per heavy atom. The van der Waals surface area contributed by atoms with Gasteiger partial charge in [0.25, 0.3) is 5.91 Å². The normalized spacial score (nSPS) is 19.3. The van der Waals surface area contributed by atoms with E-state index in [1.807, 2.05) is 61.2 Å². The molecule has 0 fully saturated rings. The highest BCUT2D eigenvalue weighted by molar-refractivity contribution is 6.15. The number of nitrogens with one attached hydrogen (secondary N) is 1. The molecule has 0 saturated carbocycles. The van der Waals surface area contributed by atoms with Gasteiger partial charge in [0.15, 0.2) is 6.10 Å². The molecule has 0 bridgehead atoms. The maximum absolute atomic E-state index is 13.5. The fraction of sp³-hybridized carbons (Fsp3) is 0.208. The molecule has 1 amide bonds. The van der Waals surface area contributed by atoms with Crippen molar-refractivity contribution in [3.63, 3.8) is 0 Å². The molecule has 1 N–H and O–H groups in total. The summed E-state index contributed by atoms with van der Waals surface area (Å²) >= 11 is 0. The maximum atomic E-state index is 13.5. The molecular weight excluding hydrogens is 364 g/mol. The standard InChI is InChI=1S/C24H20N2O3/c1-24(2)23(27)26-16-8-5-4-7-13(16)22-20-14(11-12-15(25-24)21(20)26)19-17(28-3)9-6-10-18(19)29-22/h4-12,22,25H,1-3H3. The second kappa shape index (κ2) is 5.32. The number of fused-ring (bicyclic) bond motifs is 5. The van der Waals surface area contributed by atoms with Crippen molar-refractivity contribution in [3.8, 4) is 22.6 Å². The first-order valence-corrected chi connectivity index (χ1v) is 9.74. The van der Waals surface area contributed by atoms with Crippen LogP contribution in [0.3, 0.4) is 0 Å². The first-order chi connectivity index (χ1) is 14.0. The van der Waals surface area contributed by atoms with Crippen molar-refractivity contribution in [2.45, 2.75) is 25.5 Å². The zero-order valence-electron chi connectivity index (χ0n) is 16.4. The molecule has 1 atom stereocenters. The van der Waals surface area contributed by atoms with Crippen LogP contribution in [0, 0.1) is 0 Å². The third kappa shape index (κ3) is 1.97. The average molecular weight is 384 g/mol. The molecule has 0 aliphatic carbocycles. The second-order valence-corrected chi connectivity index (χ2v) is 8.20. The number of nitrogens with zero attached hydrogens (tertiary/aromatic N) is 1. The van der Waals surface area contributed by atoms with Gasteiger partial charge in [0, 0.05) is 11.1 Å². The van der Waals surface area contributed by atoms with Gasteiger partial charge < -0.3 is 14.8 Å². The summed E-state index contributed by atoms with van der Waals surface area (Å²) in [7, 11) is 1.67. The predicted octanol–water partition coefficient (Wildman–Crippen LogP) is 5.03. The fourth-order valence-electron chi connectivity index (χ4n) is 4.80. The molecule has 3 heterocycles. The first-order valence-electron chi connectivity index (χ1n) is 9.74. The molecule has 0 spiro atoms. The molecule has 0 radical (unpaired) electrons. The summed E-state index contributed by atoms with van der Waals surface area (Å²) in [4.78, 5) is 15.3. The van der Waals surface area contributed by atoms with E-state index in [1.54, 1.807) is 7.11 Å². The second-order valence-electron chi connectivity index (χ2n) is 8.20. The Balaban J connectivity index is 1.74. The third-order valence-electron chi connectivity index (χ3n) is 6.07. The Morgan fingerprint density at radius 1 is 1.07 bits per heavy atom. The van der Waals surface area contributed by atoms with Crippen molar-refractivity contribution in [1.29, 1.82) is 0 Å². The number of para-hydroxylation sites is 1. The summed E-state index contributed by atoms with van der Waals surface area (Å²) in [6.45, 7) is 3.84. The van der Waals surface area contributed by atoms with Crippen LogP contribution >= 0.6 is 0 Å². The van der Waals surface area contributed by atoms with Gasteiger partial charge in [-0.25, -0.2) is 0 Å². The first kappa shape index (κ1) is 16.5. The lowest BCUT2D eigenvalue weighted by Gasteiger charge is -2.47. The fourth-order valence-corrected chi connectivity index (χ4v) is 4.80. The molecule has 3 aromatic carbocycles. The van der Waals surface area contributed by atoms with E-state index >= 15 is 0 Å². The van der Waals surface area contributed by atoms with Gasteiger partial charge >= 0.3 is 0 Å². The van der Waals surface area contributed by atoms with Crippen LogP contribution in [-0.2, 0) is 4.79 Å². The third-order valence-corrected chi connectivity index (χ3v) is 6.07. The molecule has 3 aromatic rings. The quantitative estimate of drug-likeness (QED) is 0.640. The Labute approximate surface area is 168 Å². The van der Waals surface area contributed by atoms with E-state index in [9.17, 15) is 4.79 Å². The molecular formula is C24H20N2O3. The molecule has 29 heavy (non-hydrogen) atoms. The molecule has 0 aromatic heterocycles. The number of methoxy groups -OCH3 is 1. The van der Waals surface area contributed by atoms with Gasteiger partial charge in [0.2, 0.25) is 0 Å². The summed E-state index contributed by atoms with van der Waals surface area (Å²) in [6, 6.07) is 18.0. The number of amides is 1. The van der Waals surface area contributed by atoms with Crippen LogP contribution in [-0.4, -0.2) is 18.6 Å². The lowest BCUT2D eigenvalue weighted by molar-refractivity contribution is -0.121. The lowest BCUT2D eigenvalue weighted by Crippen LogP contribution is -2.53. The van der Waals surface area contributed by atoms with Gasteiger partial charge in [0.05, 0.1) is 29.7 Å². The number of anilines is 3. The van der Waals surface area contributed by atoms with Crippen LogP contribution in [0.2, 0.25) is 0 Å². The number of hydrogen-bond donors (Lipinski definition) is 1. The van der Waals surface area contributed by atoms with Crippen molar-refractivity contribution in [3.05, 3.63) is 65.7 Å². The van der Waals surface area contributed by atoms with Crippen molar-refractivity contribution in [1.82, 2.24) is 0 Å². The Kier molecular flexibility index (Phi) is 3.02. The molecule has 3 aliphatic rings. The minimum absolute atomic E-state index is 0.0233. The summed E-state index contributed by atoms with van der Waals surface area (Å²) in [6.07, 6.45) is -0.275. The van der Waals surface area contributed by atoms with E-state index in [4.69, 9.17) is 9.47 Å². The zero-order chi connectivity index (χ0) is 19.9. The van der Waals surface area contributed by atoms with Crippen molar-refractivity contribution in [2.24, 2.45) is 0 Å². The number of rotatable bonds is 1. The molecule has 5 heteroatoms. The van der Waals surface area contributed by atoms with Crippen LogP contribution < -0.4 is 19.7 Å². The van der Waals surface area contributed by atoms with E-state index in [1.165, 1.54) is 0 Å².